The van der Waals surface area contributed by atoms with E-state index in [0.717, 1.165) is 6.42 Å². The summed E-state index contributed by atoms with van der Waals surface area (Å²) < 4.78 is 16.5. The second-order valence-electron chi connectivity index (χ2n) is 11.4. The van der Waals surface area contributed by atoms with E-state index in [2.05, 4.69) is 74.0 Å². The van der Waals surface area contributed by atoms with Crippen molar-refractivity contribution in [3.8, 4) is 0 Å². The van der Waals surface area contributed by atoms with Crippen LogP contribution in [-0.4, -0.2) is 78.3 Å². The Hall–Kier alpha value is -4.07. The number of carbonyl (C=O) groups is 5. The van der Waals surface area contributed by atoms with E-state index in [9.17, 15) is 24.0 Å². The van der Waals surface area contributed by atoms with Gasteiger partial charge in [0.05, 0.1) is 6.61 Å². The molecular weight excluding hydrogens is 590 g/mol. The van der Waals surface area contributed by atoms with Gasteiger partial charge in [-0.2, -0.15) is 0 Å². The molecule has 5 N–H and O–H groups in total. The smallest absolute Gasteiger partial charge is 0.345 e. The van der Waals surface area contributed by atoms with Gasteiger partial charge in [-0.25, -0.2) is 4.79 Å². The van der Waals surface area contributed by atoms with Crippen LogP contribution < -0.4 is 16.1 Å². The average molecular weight is 632 g/mol. The molecule has 12 nitrogen and oxygen atoms in total. The fraction of sp³-hybridized carbons (Fsp3) is 0.452. The van der Waals surface area contributed by atoms with E-state index < -0.39 is 44.3 Å². The molecule has 0 bridgehead atoms. The minimum absolute atomic E-state index is 0.0231. The maximum atomic E-state index is 11.4. The molecule has 240 valence electrons. The van der Waals surface area contributed by atoms with Crippen LogP contribution in [0.5, 0.6) is 0 Å². The lowest BCUT2D eigenvalue weighted by molar-refractivity contribution is -0.156. The summed E-state index contributed by atoms with van der Waals surface area (Å²) >= 11 is 0. The minimum Gasteiger partial charge on any atom is -0.481 e. The van der Waals surface area contributed by atoms with Crippen molar-refractivity contribution in [1.29, 1.82) is 0 Å². The van der Waals surface area contributed by atoms with Crippen molar-refractivity contribution in [1.82, 2.24) is 0 Å². The molecule has 3 atom stereocenters. The first-order valence-corrected chi connectivity index (χ1v) is 16.1. The van der Waals surface area contributed by atoms with Crippen LogP contribution in [0, 0.1) is 0 Å². The van der Waals surface area contributed by atoms with Gasteiger partial charge in [0.15, 0.2) is 6.10 Å². The Morgan fingerprint density at radius 3 is 1.73 bits per heavy atom. The third kappa shape index (κ3) is 10.6. The lowest BCUT2D eigenvalue weighted by Crippen LogP contribution is -2.67. The molecule has 0 aliphatic carbocycles. The maximum absolute atomic E-state index is 11.4. The van der Waals surface area contributed by atoms with Crippen LogP contribution in [-0.2, 0) is 37.9 Å². The molecule has 2 fully saturated rings. The Balaban J connectivity index is 0.000000291. The van der Waals surface area contributed by atoms with Gasteiger partial charge in [-0.15, -0.1) is 0 Å². The van der Waals surface area contributed by atoms with Crippen molar-refractivity contribution in [2.24, 2.45) is 5.73 Å². The van der Waals surface area contributed by atoms with Gasteiger partial charge in [-0.1, -0.05) is 81.4 Å². The summed E-state index contributed by atoms with van der Waals surface area (Å²) in [5.41, 5.74) is 5.00. The summed E-state index contributed by atoms with van der Waals surface area (Å²) in [5, 5.41) is 27.0. The summed E-state index contributed by atoms with van der Waals surface area (Å²) in [4.78, 5) is 51.7. The molecule has 2 aromatic rings. The summed E-state index contributed by atoms with van der Waals surface area (Å²) in [6.45, 7) is 7.21. The first-order valence-electron chi connectivity index (χ1n) is 14.2. The summed E-state index contributed by atoms with van der Waals surface area (Å²) in [6.07, 6.45) is 0.543. The number of rotatable bonds is 10. The zero-order valence-electron chi connectivity index (χ0n) is 25.1. The van der Waals surface area contributed by atoms with Crippen molar-refractivity contribution >= 4 is 48.5 Å². The van der Waals surface area contributed by atoms with Gasteiger partial charge in [0, 0.05) is 25.7 Å². The molecule has 4 rings (SSSR count). The van der Waals surface area contributed by atoms with Crippen molar-refractivity contribution in [2.75, 3.05) is 6.61 Å². The van der Waals surface area contributed by atoms with E-state index in [1.807, 2.05) is 12.1 Å². The van der Waals surface area contributed by atoms with E-state index in [1.54, 1.807) is 0 Å². The van der Waals surface area contributed by atoms with Crippen molar-refractivity contribution in [2.45, 2.75) is 82.6 Å². The molecule has 2 aliphatic rings. The largest absolute Gasteiger partial charge is 0.481 e. The van der Waals surface area contributed by atoms with Crippen LogP contribution in [0.2, 0.25) is 5.04 Å². The monoisotopic (exact) mass is 631 g/mol. The van der Waals surface area contributed by atoms with Crippen LogP contribution >= 0.6 is 0 Å². The Kier molecular flexibility index (Phi) is 13.7. The second-order valence-corrected chi connectivity index (χ2v) is 15.7. The fourth-order valence-corrected chi connectivity index (χ4v) is 9.37. The van der Waals surface area contributed by atoms with E-state index in [-0.39, 0.29) is 36.4 Å². The van der Waals surface area contributed by atoms with Crippen molar-refractivity contribution in [3.63, 3.8) is 0 Å². The number of ether oxygens (including phenoxy) is 2. The topological polar surface area (TPSA) is 200 Å². The second kappa shape index (κ2) is 16.7. The predicted molar refractivity (Wildman–Crippen MR) is 162 cm³/mol. The van der Waals surface area contributed by atoms with Crippen molar-refractivity contribution in [3.05, 3.63) is 60.7 Å². The Bertz CT molecular complexity index is 1220. The van der Waals surface area contributed by atoms with E-state index >= 15 is 0 Å². The van der Waals surface area contributed by atoms with Crippen LogP contribution in [0.1, 0.15) is 59.3 Å². The highest BCUT2D eigenvalue weighted by Crippen LogP contribution is 2.37. The summed E-state index contributed by atoms with van der Waals surface area (Å²) in [5.74, 6) is -3.78. The highest BCUT2D eigenvalue weighted by atomic mass is 28.4. The number of cyclic esters (lactones) is 2. The van der Waals surface area contributed by atoms with Crippen LogP contribution in [0.15, 0.2) is 60.7 Å². The molecule has 2 aromatic carbocycles. The number of carboxylic acid groups (broad SMARTS) is 3. The number of esters is 2. The van der Waals surface area contributed by atoms with Crippen LogP contribution in [0.4, 0.5) is 0 Å². The molecule has 2 saturated heterocycles. The number of aliphatic carboxylic acids is 3. The van der Waals surface area contributed by atoms with Gasteiger partial charge in [0.25, 0.3) is 8.32 Å². The Morgan fingerprint density at radius 1 is 0.886 bits per heavy atom. The van der Waals surface area contributed by atoms with E-state index in [4.69, 9.17) is 30.2 Å². The van der Waals surface area contributed by atoms with Gasteiger partial charge in [0.2, 0.25) is 0 Å². The van der Waals surface area contributed by atoms with Gasteiger partial charge < -0.3 is 35.0 Å². The quantitative estimate of drug-likeness (QED) is 0.221. The van der Waals surface area contributed by atoms with Crippen molar-refractivity contribution < 1.29 is 53.2 Å². The first kappa shape index (κ1) is 36.1. The van der Waals surface area contributed by atoms with Gasteiger partial charge >= 0.3 is 29.8 Å². The third-order valence-electron chi connectivity index (χ3n) is 7.02. The lowest BCUT2D eigenvalue weighted by Gasteiger charge is -2.43. The molecule has 13 heteroatoms. The zero-order valence-corrected chi connectivity index (χ0v) is 26.1. The number of carboxylic acids is 3. The maximum Gasteiger partial charge on any atom is 0.345 e. The molecule has 0 unspecified atom stereocenters. The Morgan fingerprint density at radius 2 is 1.39 bits per heavy atom. The minimum atomic E-state index is -2.53. The molecule has 2 aliphatic heterocycles. The SMILES string of the molecule is CC(C)(C)[Si](OC[C@@H]1CCC(=O)O1)(c1ccccc1)c1ccccc1.N[C@@H](CCC(=O)O)C(=O)O.O=C1CC[C@@H](C(=O)O)O1. The standard InChI is InChI=1S/C21H26O3Si.C5H9NO4.C5H6O4/c1-21(2,3)25(18-10-6-4-7-11-18,19-12-8-5-9-13-19)23-16-17-14-15-20(22)24-17;6-3(5(9)10)1-2-4(7)8;6-4-2-1-3(9-4)5(7)8/h4-13,17H,14-16H2,1-3H3;3H,1-2,6H2,(H,7,8)(H,9,10);3H,1-2H2,(H,7,8)/t17-;2*3-/m000/s1. The Labute approximate surface area is 257 Å². The molecule has 0 amide bonds. The molecule has 0 aromatic heterocycles. The zero-order chi connectivity index (χ0) is 32.9. The normalized spacial score (nSPS) is 18.5. The molecule has 0 radical (unpaired) electrons. The third-order valence-corrected chi connectivity index (χ3v) is 12.0. The summed E-state index contributed by atoms with van der Waals surface area (Å²) in [7, 11) is -2.53. The molecule has 44 heavy (non-hydrogen) atoms. The van der Waals surface area contributed by atoms with E-state index in [0.29, 0.717) is 19.4 Å². The van der Waals surface area contributed by atoms with Gasteiger partial charge in [-0.05, 0) is 28.3 Å². The molecular formula is C31H41NO11Si. The lowest BCUT2D eigenvalue weighted by atomic mass is 10.2. The fourth-order valence-electron chi connectivity index (χ4n) is 4.78. The number of hydrogen-bond donors (Lipinski definition) is 4. The molecule has 2 heterocycles. The summed E-state index contributed by atoms with van der Waals surface area (Å²) in [6, 6.07) is 20.0. The molecule has 0 saturated carbocycles. The number of benzene rings is 2. The average Bonchev–Trinajstić information content (AvgIpc) is 3.61. The highest BCUT2D eigenvalue weighted by Gasteiger charge is 2.50. The van der Waals surface area contributed by atoms with Gasteiger partial charge in [-0.3, -0.25) is 19.2 Å². The van der Waals surface area contributed by atoms with Gasteiger partial charge in [0.1, 0.15) is 12.1 Å². The van der Waals surface area contributed by atoms with Crippen LogP contribution in [0.25, 0.3) is 0 Å². The molecule has 0 spiro atoms. The number of carbonyl (C=O) groups excluding carboxylic acids is 2. The number of hydrogen-bond acceptors (Lipinski definition) is 9. The highest BCUT2D eigenvalue weighted by molar-refractivity contribution is 6.99. The van der Waals surface area contributed by atoms with Crippen LogP contribution in [0.3, 0.4) is 0 Å². The first-order chi connectivity index (χ1) is 20.7. The predicted octanol–water partition coefficient (Wildman–Crippen LogP) is 2.31. The number of nitrogens with two attached hydrogens (primary N) is 1. The van der Waals surface area contributed by atoms with E-state index in [1.165, 1.54) is 10.4 Å².